The van der Waals surface area contributed by atoms with Crippen LogP contribution >= 0.6 is 0 Å². The van der Waals surface area contributed by atoms with Crippen molar-refractivity contribution >= 4 is 29.1 Å². The lowest BCUT2D eigenvalue weighted by Crippen LogP contribution is -2.21. The van der Waals surface area contributed by atoms with Crippen LogP contribution in [0.3, 0.4) is 0 Å². The number of amides is 1. The van der Waals surface area contributed by atoms with Gasteiger partial charge < -0.3 is 5.73 Å². The first-order valence-electron chi connectivity index (χ1n) is 7.06. The molecule has 0 aliphatic carbocycles. The quantitative estimate of drug-likeness (QED) is 0.684. The van der Waals surface area contributed by atoms with Gasteiger partial charge in [-0.1, -0.05) is 24.3 Å². The van der Waals surface area contributed by atoms with Gasteiger partial charge in [0.05, 0.1) is 11.3 Å². The third-order valence-corrected chi connectivity index (χ3v) is 3.58. The lowest BCUT2D eigenvalue weighted by Gasteiger charge is -2.11. The first kappa shape index (κ1) is 14.5. The van der Waals surface area contributed by atoms with E-state index in [0.29, 0.717) is 11.4 Å². The predicted octanol–water partition coefficient (Wildman–Crippen LogP) is 2.89. The SMILES string of the molecule is Cc1cc(N)ccc1/C=C1\C(=O)N(c2ccccc2)N=C1C#N. The summed E-state index contributed by atoms with van der Waals surface area (Å²) in [7, 11) is 0. The number of carbonyl (C=O) groups is 1. The molecule has 0 saturated carbocycles. The molecule has 3 rings (SSSR count). The van der Waals surface area contributed by atoms with Crippen molar-refractivity contribution in [2.75, 3.05) is 10.7 Å². The number of para-hydroxylation sites is 1. The normalized spacial score (nSPS) is 15.7. The molecule has 0 radical (unpaired) electrons. The van der Waals surface area contributed by atoms with Crippen LogP contribution in [0.25, 0.3) is 6.08 Å². The van der Waals surface area contributed by atoms with E-state index in [4.69, 9.17) is 5.73 Å². The number of nitrogen functional groups attached to an aromatic ring is 1. The van der Waals surface area contributed by atoms with Gasteiger partial charge in [0.1, 0.15) is 6.07 Å². The largest absolute Gasteiger partial charge is 0.399 e. The molecule has 0 bridgehead atoms. The van der Waals surface area contributed by atoms with Crippen molar-refractivity contribution in [2.24, 2.45) is 5.10 Å². The van der Waals surface area contributed by atoms with Crippen molar-refractivity contribution < 1.29 is 4.79 Å². The topological polar surface area (TPSA) is 82.5 Å². The number of benzene rings is 2. The summed E-state index contributed by atoms with van der Waals surface area (Å²) in [6, 6.07) is 16.4. The molecule has 0 fully saturated rings. The van der Waals surface area contributed by atoms with Gasteiger partial charge in [0.15, 0.2) is 5.71 Å². The maximum Gasteiger partial charge on any atom is 0.281 e. The Bertz CT molecular complexity index is 876. The summed E-state index contributed by atoms with van der Waals surface area (Å²) < 4.78 is 0. The van der Waals surface area contributed by atoms with Crippen molar-refractivity contribution in [3.63, 3.8) is 0 Å². The fourth-order valence-electron chi connectivity index (χ4n) is 2.39. The second-order valence-electron chi connectivity index (χ2n) is 5.19. The molecule has 0 saturated heterocycles. The second-order valence-corrected chi connectivity index (χ2v) is 5.19. The average molecular weight is 302 g/mol. The Labute approximate surface area is 134 Å². The molecule has 1 aliphatic heterocycles. The highest BCUT2D eigenvalue weighted by Crippen LogP contribution is 2.25. The van der Waals surface area contributed by atoms with Crippen molar-refractivity contribution in [2.45, 2.75) is 6.92 Å². The van der Waals surface area contributed by atoms with Crippen LogP contribution in [-0.2, 0) is 4.79 Å². The van der Waals surface area contributed by atoms with Crippen LogP contribution in [0.15, 0.2) is 59.2 Å². The fraction of sp³-hybridized carbons (Fsp3) is 0.0556. The number of nitrogens with zero attached hydrogens (tertiary/aromatic N) is 3. The van der Waals surface area contributed by atoms with Crippen molar-refractivity contribution in [1.82, 2.24) is 0 Å². The molecule has 5 nitrogen and oxygen atoms in total. The van der Waals surface area contributed by atoms with E-state index in [1.807, 2.05) is 43.3 Å². The average Bonchev–Trinajstić information content (AvgIpc) is 2.87. The Morgan fingerprint density at radius 1 is 1.22 bits per heavy atom. The van der Waals surface area contributed by atoms with Gasteiger partial charge in [0.2, 0.25) is 0 Å². The highest BCUT2D eigenvalue weighted by molar-refractivity contribution is 6.37. The van der Waals surface area contributed by atoms with Gasteiger partial charge in [-0.05, 0) is 48.4 Å². The zero-order valence-electron chi connectivity index (χ0n) is 12.5. The van der Waals surface area contributed by atoms with Gasteiger partial charge in [0, 0.05) is 5.69 Å². The van der Waals surface area contributed by atoms with Gasteiger partial charge in [-0.2, -0.15) is 15.4 Å². The Morgan fingerprint density at radius 2 is 1.96 bits per heavy atom. The number of anilines is 2. The molecular formula is C18H14N4O. The Balaban J connectivity index is 2.04. The van der Waals surface area contributed by atoms with E-state index in [-0.39, 0.29) is 17.2 Å². The standard InChI is InChI=1S/C18H14N4O/c1-12-9-14(20)8-7-13(12)10-16-17(11-19)21-22(18(16)23)15-5-3-2-4-6-15/h2-10H,20H2,1H3/b16-10-. The summed E-state index contributed by atoms with van der Waals surface area (Å²) in [5.74, 6) is -0.316. The number of hydrazone groups is 1. The monoisotopic (exact) mass is 302 g/mol. The number of carbonyl (C=O) groups excluding carboxylic acids is 1. The van der Waals surface area contributed by atoms with Crippen LogP contribution in [0.5, 0.6) is 0 Å². The molecule has 0 unspecified atom stereocenters. The van der Waals surface area contributed by atoms with E-state index in [1.165, 1.54) is 5.01 Å². The maximum atomic E-state index is 12.6. The van der Waals surface area contributed by atoms with Gasteiger partial charge in [-0.3, -0.25) is 4.79 Å². The van der Waals surface area contributed by atoms with Crippen LogP contribution in [0.4, 0.5) is 11.4 Å². The van der Waals surface area contributed by atoms with Gasteiger partial charge in [-0.15, -0.1) is 0 Å². The van der Waals surface area contributed by atoms with Crippen LogP contribution in [0, 0.1) is 18.3 Å². The van der Waals surface area contributed by atoms with Gasteiger partial charge in [-0.25, -0.2) is 0 Å². The molecule has 112 valence electrons. The van der Waals surface area contributed by atoms with Crippen LogP contribution in [-0.4, -0.2) is 11.6 Å². The van der Waals surface area contributed by atoms with E-state index >= 15 is 0 Å². The number of nitriles is 1. The van der Waals surface area contributed by atoms with E-state index < -0.39 is 0 Å². The lowest BCUT2D eigenvalue weighted by atomic mass is 10.0. The summed E-state index contributed by atoms with van der Waals surface area (Å²) in [6.45, 7) is 1.90. The molecule has 2 aromatic carbocycles. The molecule has 0 atom stereocenters. The minimum atomic E-state index is -0.316. The zero-order chi connectivity index (χ0) is 16.4. The minimum absolute atomic E-state index is 0.107. The fourth-order valence-corrected chi connectivity index (χ4v) is 2.39. The Hall–Kier alpha value is -3.39. The lowest BCUT2D eigenvalue weighted by molar-refractivity contribution is -0.114. The van der Waals surface area contributed by atoms with Crippen LogP contribution in [0.2, 0.25) is 0 Å². The maximum absolute atomic E-state index is 12.6. The molecular weight excluding hydrogens is 288 g/mol. The molecule has 23 heavy (non-hydrogen) atoms. The van der Waals surface area contributed by atoms with Crippen LogP contribution < -0.4 is 10.7 Å². The first-order chi connectivity index (χ1) is 11.1. The third kappa shape index (κ3) is 2.70. The summed E-state index contributed by atoms with van der Waals surface area (Å²) in [5.41, 5.74) is 9.18. The van der Waals surface area contributed by atoms with E-state index in [0.717, 1.165) is 11.1 Å². The highest BCUT2D eigenvalue weighted by atomic mass is 16.2. The van der Waals surface area contributed by atoms with Crippen LogP contribution in [0.1, 0.15) is 11.1 Å². The smallest absolute Gasteiger partial charge is 0.281 e. The zero-order valence-corrected chi connectivity index (χ0v) is 12.5. The molecule has 2 aromatic rings. The summed E-state index contributed by atoms with van der Waals surface area (Å²) in [6.07, 6.45) is 1.68. The van der Waals surface area contributed by atoms with Crippen molar-refractivity contribution in [1.29, 1.82) is 5.26 Å². The van der Waals surface area contributed by atoms with Crippen molar-refractivity contribution in [3.8, 4) is 6.07 Å². The Kier molecular flexibility index (Phi) is 3.65. The molecule has 1 aliphatic rings. The summed E-state index contributed by atoms with van der Waals surface area (Å²) in [5, 5.41) is 14.7. The van der Waals surface area contributed by atoms with E-state index in [9.17, 15) is 10.1 Å². The molecule has 5 heteroatoms. The summed E-state index contributed by atoms with van der Waals surface area (Å²) >= 11 is 0. The minimum Gasteiger partial charge on any atom is -0.399 e. The number of hydrogen-bond acceptors (Lipinski definition) is 4. The van der Waals surface area contributed by atoms with Gasteiger partial charge in [0.25, 0.3) is 5.91 Å². The molecule has 2 N–H and O–H groups in total. The third-order valence-electron chi connectivity index (χ3n) is 3.58. The van der Waals surface area contributed by atoms with Crippen molar-refractivity contribution in [3.05, 3.63) is 65.2 Å². The molecule has 0 aromatic heterocycles. The predicted molar refractivity (Wildman–Crippen MR) is 90.5 cm³/mol. The number of nitrogens with two attached hydrogens (primary N) is 1. The van der Waals surface area contributed by atoms with E-state index in [1.54, 1.807) is 24.3 Å². The highest BCUT2D eigenvalue weighted by Gasteiger charge is 2.31. The Morgan fingerprint density at radius 3 is 2.61 bits per heavy atom. The van der Waals surface area contributed by atoms with Gasteiger partial charge >= 0.3 is 0 Å². The molecule has 1 amide bonds. The second kappa shape index (κ2) is 5.78. The summed E-state index contributed by atoms with van der Waals surface area (Å²) in [4.78, 5) is 12.6. The number of aryl methyl sites for hydroxylation is 1. The first-order valence-corrected chi connectivity index (χ1v) is 7.06. The number of hydrogen-bond donors (Lipinski definition) is 1. The molecule has 1 heterocycles. The molecule has 0 spiro atoms. The van der Waals surface area contributed by atoms with E-state index in [2.05, 4.69) is 5.10 Å². The number of rotatable bonds is 2.